The van der Waals surface area contributed by atoms with Crippen LogP contribution in [-0.4, -0.2) is 32.5 Å². The van der Waals surface area contributed by atoms with Crippen molar-refractivity contribution >= 4 is 27.4 Å². The molecule has 74 valence electrons. The molecule has 1 heterocycles. The van der Waals surface area contributed by atoms with E-state index in [0.717, 1.165) is 6.26 Å². The van der Waals surface area contributed by atoms with Gasteiger partial charge in [-0.25, -0.2) is 0 Å². The van der Waals surface area contributed by atoms with Gasteiger partial charge in [-0.05, 0) is 12.2 Å². The second-order valence-electron chi connectivity index (χ2n) is 2.46. The molecule has 1 aliphatic rings. The Morgan fingerprint density at radius 2 is 2.46 bits per heavy atom. The van der Waals surface area contributed by atoms with Gasteiger partial charge >= 0.3 is 0 Å². The van der Waals surface area contributed by atoms with Gasteiger partial charge in [0.05, 0.1) is 12.0 Å². The maximum absolute atomic E-state index is 10.6. The predicted molar refractivity (Wildman–Crippen MR) is 50.1 cm³/mol. The van der Waals surface area contributed by atoms with Crippen LogP contribution in [0.25, 0.3) is 0 Å². The molecule has 0 spiro atoms. The zero-order chi connectivity index (χ0) is 9.90. The molecule has 1 aliphatic heterocycles. The molecule has 0 bridgehead atoms. The van der Waals surface area contributed by atoms with Gasteiger partial charge in [-0.15, -0.1) is 0 Å². The lowest BCUT2D eigenvalue weighted by Gasteiger charge is -2.10. The van der Waals surface area contributed by atoms with Gasteiger partial charge in [0.1, 0.15) is 12.1 Å². The maximum atomic E-state index is 10.6. The topological polar surface area (TPSA) is 67.8 Å². The summed E-state index contributed by atoms with van der Waals surface area (Å²) in [6.45, 7) is -0.0774. The van der Waals surface area contributed by atoms with Gasteiger partial charge in [0.25, 0.3) is 10.1 Å². The number of alkyl halides is 1. The van der Waals surface area contributed by atoms with Crippen LogP contribution in [0, 0.1) is 0 Å². The molecule has 0 saturated heterocycles. The van der Waals surface area contributed by atoms with Crippen LogP contribution in [0.4, 0.5) is 0 Å². The van der Waals surface area contributed by atoms with Crippen LogP contribution in [-0.2, 0) is 14.3 Å². The zero-order valence-corrected chi connectivity index (χ0v) is 8.47. The lowest BCUT2D eigenvalue weighted by Crippen LogP contribution is -2.24. The lowest BCUT2D eigenvalue weighted by atomic mass is 10.3. The quantitative estimate of drug-likeness (QED) is 0.418. The molecule has 0 aromatic heterocycles. The van der Waals surface area contributed by atoms with Crippen molar-refractivity contribution in [3.63, 3.8) is 0 Å². The smallest absolute Gasteiger partial charge is 0.264 e. The Labute approximate surface area is 81.5 Å². The molecule has 0 aromatic rings. The Morgan fingerprint density at radius 1 is 1.77 bits per heavy atom. The van der Waals surface area contributed by atoms with Crippen molar-refractivity contribution in [2.45, 2.75) is 5.50 Å². The van der Waals surface area contributed by atoms with Gasteiger partial charge in [0.15, 0.2) is 0 Å². The highest BCUT2D eigenvalue weighted by atomic mass is 35.5. The lowest BCUT2D eigenvalue weighted by molar-refractivity contribution is 0.372. The van der Waals surface area contributed by atoms with Crippen LogP contribution in [0.1, 0.15) is 0 Å². The number of hydrogen-bond donors (Lipinski definition) is 1. The van der Waals surface area contributed by atoms with E-state index >= 15 is 0 Å². The molecule has 5 nitrogen and oxygen atoms in total. The molecule has 13 heavy (non-hydrogen) atoms. The minimum atomic E-state index is -3.41. The SMILES string of the molecule is CS(=O)(=O)OCC1=NNC(Cl)C=C1. The summed E-state index contributed by atoms with van der Waals surface area (Å²) in [5.74, 6) is 0. The van der Waals surface area contributed by atoms with Gasteiger partial charge in [-0.3, -0.25) is 9.61 Å². The molecule has 0 fully saturated rings. The molecule has 0 amide bonds. The van der Waals surface area contributed by atoms with E-state index in [4.69, 9.17) is 11.6 Å². The second kappa shape index (κ2) is 4.08. The van der Waals surface area contributed by atoms with Gasteiger partial charge in [0.2, 0.25) is 0 Å². The molecular formula is C6H9ClN2O3S. The van der Waals surface area contributed by atoms with Gasteiger partial charge < -0.3 is 0 Å². The van der Waals surface area contributed by atoms with Crippen LogP contribution in [0.5, 0.6) is 0 Å². The van der Waals surface area contributed by atoms with Crippen molar-refractivity contribution < 1.29 is 12.6 Å². The summed E-state index contributed by atoms with van der Waals surface area (Å²) in [6, 6.07) is 0. The van der Waals surface area contributed by atoms with Crippen molar-refractivity contribution in [3.05, 3.63) is 12.2 Å². The van der Waals surface area contributed by atoms with Gasteiger partial charge in [0, 0.05) is 0 Å². The predicted octanol–water partition coefficient (Wildman–Crippen LogP) is 0.0429. The van der Waals surface area contributed by atoms with E-state index in [2.05, 4.69) is 14.7 Å². The minimum absolute atomic E-state index is 0.0774. The van der Waals surface area contributed by atoms with Crippen LogP contribution < -0.4 is 5.43 Å². The maximum Gasteiger partial charge on any atom is 0.264 e. The Hall–Kier alpha value is -0.590. The minimum Gasteiger partial charge on any atom is -0.288 e. The van der Waals surface area contributed by atoms with E-state index < -0.39 is 10.1 Å². The summed E-state index contributed by atoms with van der Waals surface area (Å²) in [4.78, 5) is 0. The number of rotatable bonds is 3. The number of nitrogens with zero attached hydrogens (tertiary/aromatic N) is 1. The third kappa shape index (κ3) is 4.25. The highest BCUT2D eigenvalue weighted by molar-refractivity contribution is 7.86. The molecule has 0 aliphatic carbocycles. The molecule has 7 heteroatoms. The normalized spacial score (nSPS) is 22.3. The standard InChI is InChI=1S/C6H9ClN2O3S/c1-13(10,11)12-4-5-2-3-6(7)9-8-5/h2-3,6,9H,4H2,1H3. The first kappa shape index (κ1) is 10.5. The van der Waals surface area contributed by atoms with E-state index in [-0.39, 0.29) is 12.1 Å². The highest BCUT2D eigenvalue weighted by Crippen LogP contribution is 2.00. The summed E-state index contributed by atoms with van der Waals surface area (Å²) in [6.07, 6.45) is 4.24. The van der Waals surface area contributed by atoms with E-state index in [1.165, 1.54) is 0 Å². The molecule has 1 rings (SSSR count). The first-order valence-corrected chi connectivity index (χ1v) is 5.71. The first-order valence-electron chi connectivity index (χ1n) is 3.46. The number of nitrogens with one attached hydrogen (secondary N) is 1. The van der Waals surface area contributed by atoms with Crippen LogP contribution in [0.3, 0.4) is 0 Å². The van der Waals surface area contributed by atoms with Crippen LogP contribution in [0.15, 0.2) is 17.3 Å². The fourth-order valence-electron chi connectivity index (χ4n) is 0.668. The number of hydrazone groups is 1. The van der Waals surface area contributed by atoms with Crippen LogP contribution >= 0.6 is 11.6 Å². The highest BCUT2D eigenvalue weighted by Gasteiger charge is 2.08. The second-order valence-corrected chi connectivity index (χ2v) is 4.57. The molecular weight excluding hydrogens is 216 g/mol. The monoisotopic (exact) mass is 224 g/mol. The molecule has 0 aromatic carbocycles. The Morgan fingerprint density at radius 3 is 2.92 bits per heavy atom. The average Bonchev–Trinajstić information content (AvgIpc) is 2.02. The molecule has 1 atom stereocenters. The fourth-order valence-corrected chi connectivity index (χ4v) is 1.12. The largest absolute Gasteiger partial charge is 0.288 e. The fraction of sp³-hybridized carbons (Fsp3) is 0.500. The zero-order valence-electron chi connectivity index (χ0n) is 6.90. The molecule has 1 unspecified atom stereocenters. The summed E-state index contributed by atoms with van der Waals surface area (Å²) in [5.41, 5.74) is 2.70. The summed E-state index contributed by atoms with van der Waals surface area (Å²) >= 11 is 5.61. The Bertz CT molecular complexity index is 336. The third-order valence-electron chi connectivity index (χ3n) is 1.21. The summed E-state index contributed by atoms with van der Waals surface area (Å²) < 4.78 is 25.7. The van der Waals surface area contributed by atoms with Gasteiger partial charge in [-0.2, -0.15) is 13.5 Å². The van der Waals surface area contributed by atoms with Gasteiger partial charge in [-0.1, -0.05) is 11.6 Å². The van der Waals surface area contributed by atoms with Crippen LogP contribution in [0.2, 0.25) is 0 Å². The van der Waals surface area contributed by atoms with Crippen molar-refractivity contribution in [1.82, 2.24) is 5.43 Å². The summed E-state index contributed by atoms with van der Waals surface area (Å²) in [7, 11) is -3.41. The first-order chi connectivity index (χ1) is 5.97. The van der Waals surface area contributed by atoms with Crippen molar-refractivity contribution in [3.8, 4) is 0 Å². The van der Waals surface area contributed by atoms with E-state index in [9.17, 15) is 8.42 Å². The Balaban J connectivity index is 2.44. The average molecular weight is 225 g/mol. The van der Waals surface area contributed by atoms with E-state index in [1.54, 1.807) is 12.2 Å². The summed E-state index contributed by atoms with van der Waals surface area (Å²) in [5, 5.41) is 3.77. The van der Waals surface area contributed by atoms with E-state index in [1.807, 2.05) is 0 Å². The molecule has 0 radical (unpaired) electrons. The molecule has 0 saturated carbocycles. The molecule has 1 N–H and O–H groups in total. The third-order valence-corrected chi connectivity index (χ3v) is 2.00. The van der Waals surface area contributed by atoms with E-state index in [0.29, 0.717) is 5.71 Å². The van der Waals surface area contributed by atoms with Crippen molar-refractivity contribution in [1.29, 1.82) is 0 Å². The Kier molecular flexibility index (Phi) is 3.29. The number of halogens is 1. The number of hydrogen-bond acceptors (Lipinski definition) is 5. The van der Waals surface area contributed by atoms with Crippen molar-refractivity contribution in [2.75, 3.05) is 12.9 Å². The van der Waals surface area contributed by atoms with Crippen molar-refractivity contribution in [2.24, 2.45) is 5.10 Å².